The molecule has 6 nitrogen and oxygen atoms in total. The highest BCUT2D eigenvalue weighted by atomic mass is 19.1. The molecule has 0 saturated carbocycles. The lowest BCUT2D eigenvalue weighted by Gasteiger charge is -2.16. The predicted molar refractivity (Wildman–Crippen MR) is 59.4 cm³/mol. The number of benzene rings is 1. The second kappa shape index (κ2) is 6.22. The van der Waals surface area contributed by atoms with Gasteiger partial charge in [0.2, 0.25) is 5.82 Å². The Kier molecular flexibility index (Phi) is 4.93. The molecule has 0 aromatic heterocycles. The van der Waals surface area contributed by atoms with E-state index >= 15 is 0 Å². The van der Waals surface area contributed by atoms with Crippen LogP contribution in [0.15, 0.2) is 12.1 Å². The average Bonchev–Trinajstić information content (AvgIpc) is 2.26. The Morgan fingerprint density at radius 3 is 2.72 bits per heavy atom. The van der Waals surface area contributed by atoms with Gasteiger partial charge in [0.05, 0.1) is 24.2 Å². The van der Waals surface area contributed by atoms with E-state index in [1.54, 1.807) is 0 Å². The summed E-state index contributed by atoms with van der Waals surface area (Å²) in [5.74, 6) is -2.23. The number of aliphatic hydroxyl groups is 1. The summed E-state index contributed by atoms with van der Waals surface area (Å²) < 4.78 is 31.0. The molecule has 1 aromatic rings. The van der Waals surface area contributed by atoms with Crippen LogP contribution in [0.1, 0.15) is 0 Å². The summed E-state index contributed by atoms with van der Waals surface area (Å²) >= 11 is 0. The predicted octanol–water partition coefficient (Wildman–Crippen LogP) is 1.29. The maximum atomic E-state index is 13.3. The van der Waals surface area contributed by atoms with Crippen LogP contribution >= 0.6 is 0 Å². The Morgan fingerprint density at radius 2 is 2.22 bits per heavy atom. The monoisotopic (exact) mass is 262 g/mol. The first-order valence-electron chi connectivity index (χ1n) is 4.99. The third-order valence-electron chi connectivity index (χ3n) is 2.16. The molecule has 0 bridgehead atoms. The minimum Gasteiger partial charge on any atom is -0.394 e. The van der Waals surface area contributed by atoms with Gasteiger partial charge in [-0.15, -0.1) is 0 Å². The highest BCUT2D eigenvalue weighted by Gasteiger charge is 2.23. The number of rotatable bonds is 6. The van der Waals surface area contributed by atoms with Gasteiger partial charge < -0.3 is 15.2 Å². The normalized spacial score (nSPS) is 12.2. The number of nitrogens with zero attached hydrogens (tertiary/aromatic N) is 1. The standard InChI is InChI=1S/C10H12F2N2O4/c1-18-5-7(4-15)13-9-3-6(11)2-8(12)10(9)14(16)17/h2-3,7,13,15H,4-5H2,1H3. The van der Waals surface area contributed by atoms with Crippen LogP contribution in [0.3, 0.4) is 0 Å². The molecule has 0 radical (unpaired) electrons. The highest BCUT2D eigenvalue weighted by Crippen LogP contribution is 2.29. The lowest BCUT2D eigenvalue weighted by molar-refractivity contribution is -0.386. The summed E-state index contributed by atoms with van der Waals surface area (Å²) in [7, 11) is 1.37. The number of nitrogens with one attached hydrogen (secondary N) is 1. The fraction of sp³-hybridized carbons (Fsp3) is 0.400. The van der Waals surface area contributed by atoms with Crippen molar-refractivity contribution in [2.24, 2.45) is 0 Å². The zero-order chi connectivity index (χ0) is 13.7. The fourth-order valence-electron chi connectivity index (χ4n) is 1.42. The number of halogens is 2. The van der Waals surface area contributed by atoms with Crippen molar-refractivity contribution in [2.45, 2.75) is 6.04 Å². The minimum atomic E-state index is -1.28. The van der Waals surface area contributed by atoms with Gasteiger partial charge in [0.25, 0.3) is 0 Å². The molecule has 0 saturated heterocycles. The maximum absolute atomic E-state index is 13.3. The molecule has 0 fully saturated rings. The van der Waals surface area contributed by atoms with E-state index in [2.05, 4.69) is 5.32 Å². The van der Waals surface area contributed by atoms with Crippen LogP contribution in [0.5, 0.6) is 0 Å². The number of methoxy groups -OCH3 is 1. The number of ether oxygens (including phenoxy) is 1. The van der Waals surface area contributed by atoms with Crippen molar-refractivity contribution in [3.63, 3.8) is 0 Å². The average molecular weight is 262 g/mol. The highest BCUT2D eigenvalue weighted by molar-refractivity contribution is 5.62. The van der Waals surface area contributed by atoms with Crippen molar-refractivity contribution < 1.29 is 23.5 Å². The number of nitro benzene ring substituents is 1. The van der Waals surface area contributed by atoms with E-state index in [9.17, 15) is 18.9 Å². The van der Waals surface area contributed by atoms with Crippen LogP contribution < -0.4 is 5.32 Å². The van der Waals surface area contributed by atoms with Crippen LogP contribution in [0.2, 0.25) is 0 Å². The van der Waals surface area contributed by atoms with E-state index in [0.717, 1.165) is 6.07 Å². The molecule has 0 spiro atoms. The summed E-state index contributed by atoms with van der Waals surface area (Å²) in [6.45, 7) is -0.366. The quantitative estimate of drug-likeness (QED) is 0.596. The third-order valence-corrected chi connectivity index (χ3v) is 2.16. The zero-order valence-electron chi connectivity index (χ0n) is 9.52. The van der Waals surface area contributed by atoms with Crippen LogP contribution in [0.25, 0.3) is 0 Å². The smallest absolute Gasteiger partial charge is 0.327 e. The fourth-order valence-corrected chi connectivity index (χ4v) is 1.42. The van der Waals surface area contributed by atoms with Crippen molar-refractivity contribution in [2.75, 3.05) is 25.6 Å². The van der Waals surface area contributed by atoms with Gasteiger partial charge >= 0.3 is 5.69 Å². The Labute approximate surface area is 101 Å². The first-order chi connectivity index (χ1) is 8.49. The minimum absolute atomic E-state index is 0.0335. The molecule has 1 aromatic carbocycles. The van der Waals surface area contributed by atoms with Gasteiger partial charge in [-0.3, -0.25) is 10.1 Å². The molecule has 18 heavy (non-hydrogen) atoms. The molecule has 0 aliphatic carbocycles. The molecule has 8 heteroatoms. The lowest BCUT2D eigenvalue weighted by atomic mass is 10.2. The Morgan fingerprint density at radius 1 is 1.56 bits per heavy atom. The number of aliphatic hydroxyl groups excluding tert-OH is 1. The SMILES string of the molecule is COCC(CO)Nc1cc(F)cc(F)c1[N+](=O)[O-]. The van der Waals surface area contributed by atoms with Gasteiger partial charge in [-0.1, -0.05) is 0 Å². The molecule has 0 aliphatic rings. The van der Waals surface area contributed by atoms with E-state index < -0.39 is 34.9 Å². The largest absolute Gasteiger partial charge is 0.394 e. The number of nitro groups is 1. The van der Waals surface area contributed by atoms with Crippen molar-refractivity contribution >= 4 is 11.4 Å². The van der Waals surface area contributed by atoms with Crippen molar-refractivity contribution in [1.82, 2.24) is 0 Å². The van der Waals surface area contributed by atoms with E-state index in [4.69, 9.17) is 9.84 Å². The summed E-state index contributed by atoms with van der Waals surface area (Å²) in [4.78, 5) is 9.73. The van der Waals surface area contributed by atoms with Gasteiger partial charge in [-0.2, -0.15) is 4.39 Å². The molecule has 1 rings (SSSR count). The molecule has 0 aliphatic heterocycles. The number of hydrogen-bond donors (Lipinski definition) is 2. The van der Waals surface area contributed by atoms with Gasteiger partial charge in [0.15, 0.2) is 0 Å². The third kappa shape index (κ3) is 3.34. The topological polar surface area (TPSA) is 84.6 Å². The molecule has 0 amide bonds. The molecular weight excluding hydrogens is 250 g/mol. The Balaban J connectivity index is 3.09. The van der Waals surface area contributed by atoms with Crippen LogP contribution in [-0.4, -0.2) is 36.4 Å². The second-order valence-corrected chi connectivity index (χ2v) is 3.52. The molecular formula is C10H12F2N2O4. The Bertz CT molecular complexity index is 442. The Hall–Kier alpha value is -1.80. The summed E-state index contributed by atoms with van der Waals surface area (Å²) in [5.41, 5.74) is -1.21. The van der Waals surface area contributed by atoms with Gasteiger partial charge in [0, 0.05) is 19.2 Å². The molecule has 0 heterocycles. The summed E-state index contributed by atoms with van der Waals surface area (Å²) in [6.07, 6.45) is 0. The molecule has 1 unspecified atom stereocenters. The number of anilines is 1. The van der Waals surface area contributed by atoms with E-state index in [-0.39, 0.29) is 12.3 Å². The second-order valence-electron chi connectivity index (χ2n) is 3.52. The van der Waals surface area contributed by atoms with E-state index in [1.165, 1.54) is 7.11 Å². The zero-order valence-corrected chi connectivity index (χ0v) is 9.52. The van der Waals surface area contributed by atoms with E-state index in [0.29, 0.717) is 6.07 Å². The lowest BCUT2D eigenvalue weighted by Crippen LogP contribution is -2.29. The van der Waals surface area contributed by atoms with E-state index in [1.807, 2.05) is 0 Å². The molecule has 100 valence electrons. The van der Waals surface area contributed by atoms with Crippen molar-refractivity contribution in [3.05, 3.63) is 33.9 Å². The van der Waals surface area contributed by atoms with Gasteiger partial charge in [0.1, 0.15) is 11.5 Å². The summed E-state index contributed by atoms with van der Waals surface area (Å²) in [5, 5.41) is 22.1. The van der Waals surface area contributed by atoms with Gasteiger partial charge in [-0.05, 0) is 0 Å². The van der Waals surface area contributed by atoms with Crippen molar-refractivity contribution in [3.8, 4) is 0 Å². The first-order valence-corrected chi connectivity index (χ1v) is 4.99. The first kappa shape index (κ1) is 14.3. The molecule has 1 atom stereocenters. The van der Waals surface area contributed by atoms with Crippen molar-refractivity contribution in [1.29, 1.82) is 0 Å². The molecule has 2 N–H and O–H groups in total. The number of hydrogen-bond acceptors (Lipinski definition) is 5. The van der Waals surface area contributed by atoms with Crippen LogP contribution in [0.4, 0.5) is 20.2 Å². The van der Waals surface area contributed by atoms with Gasteiger partial charge in [-0.25, -0.2) is 4.39 Å². The maximum Gasteiger partial charge on any atom is 0.327 e. The van der Waals surface area contributed by atoms with Crippen LogP contribution in [-0.2, 0) is 4.74 Å². The summed E-state index contributed by atoms with van der Waals surface area (Å²) in [6, 6.07) is 0.516. The van der Waals surface area contributed by atoms with Crippen LogP contribution in [0, 0.1) is 21.7 Å².